The predicted molar refractivity (Wildman–Crippen MR) is 65.6 cm³/mol. The molecule has 0 saturated carbocycles. The summed E-state index contributed by atoms with van der Waals surface area (Å²) >= 11 is 0. The minimum atomic E-state index is -0.0157. The zero-order chi connectivity index (χ0) is 11.8. The van der Waals surface area contributed by atoms with E-state index in [1.165, 1.54) is 0 Å². The fourth-order valence-corrected chi connectivity index (χ4v) is 1.75. The highest BCUT2D eigenvalue weighted by Crippen LogP contribution is 2.20. The molecular weight excluding hydrogens is 200 g/mol. The highest BCUT2D eigenvalue weighted by Gasteiger charge is 2.17. The van der Waals surface area contributed by atoms with E-state index in [-0.39, 0.29) is 18.3 Å². The van der Waals surface area contributed by atoms with Crippen LogP contribution in [0.4, 0.5) is 0 Å². The molecule has 1 rings (SSSR count). The normalized spacial score (nSPS) is 12.4. The first-order valence-corrected chi connectivity index (χ1v) is 5.95. The molecule has 0 radical (unpaired) electrons. The topological polar surface area (TPSA) is 26.3 Å². The highest BCUT2D eigenvalue weighted by molar-refractivity contribution is 5.86. The summed E-state index contributed by atoms with van der Waals surface area (Å²) in [5.74, 6) is 0.167. The molecule has 0 heterocycles. The Kier molecular flexibility index (Phi) is 5.79. The van der Waals surface area contributed by atoms with Crippen molar-refractivity contribution in [1.82, 2.24) is 0 Å². The van der Waals surface area contributed by atoms with Crippen molar-refractivity contribution >= 4 is 5.78 Å². The second-order valence-corrected chi connectivity index (χ2v) is 3.89. The van der Waals surface area contributed by atoms with Crippen molar-refractivity contribution in [1.29, 1.82) is 0 Å². The average Bonchev–Trinajstić information content (AvgIpc) is 2.32. The molecule has 0 aliphatic rings. The van der Waals surface area contributed by atoms with Crippen LogP contribution in [0.1, 0.15) is 38.2 Å². The minimum Gasteiger partial charge on any atom is -0.374 e. The number of benzene rings is 1. The van der Waals surface area contributed by atoms with Crippen LogP contribution in [0.15, 0.2) is 30.3 Å². The van der Waals surface area contributed by atoms with Crippen molar-refractivity contribution in [2.24, 2.45) is 0 Å². The van der Waals surface area contributed by atoms with Crippen molar-refractivity contribution < 1.29 is 9.53 Å². The van der Waals surface area contributed by atoms with E-state index in [4.69, 9.17) is 4.74 Å². The van der Waals surface area contributed by atoms with Gasteiger partial charge in [-0.2, -0.15) is 0 Å². The van der Waals surface area contributed by atoms with Crippen molar-refractivity contribution in [3.63, 3.8) is 0 Å². The third kappa shape index (κ3) is 3.78. The molecule has 0 N–H and O–H groups in total. The van der Waals surface area contributed by atoms with E-state index in [0.29, 0.717) is 6.61 Å². The first-order chi connectivity index (χ1) is 7.79. The van der Waals surface area contributed by atoms with E-state index < -0.39 is 0 Å². The summed E-state index contributed by atoms with van der Waals surface area (Å²) in [6, 6.07) is 9.92. The molecule has 2 nitrogen and oxygen atoms in total. The fourth-order valence-electron chi connectivity index (χ4n) is 1.75. The van der Waals surface area contributed by atoms with Crippen LogP contribution < -0.4 is 0 Å². The lowest BCUT2D eigenvalue weighted by Gasteiger charge is -2.14. The molecule has 0 amide bonds. The second kappa shape index (κ2) is 7.18. The van der Waals surface area contributed by atoms with Gasteiger partial charge in [0.15, 0.2) is 5.78 Å². The van der Waals surface area contributed by atoms with Crippen molar-refractivity contribution in [2.45, 2.75) is 32.6 Å². The van der Waals surface area contributed by atoms with E-state index in [9.17, 15) is 4.79 Å². The molecule has 2 heteroatoms. The summed E-state index contributed by atoms with van der Waals surface area (Å²) < 4.78 is 5.30. The number of carbonyl (C=O) groups excluding carboxylic acids is 1. The summed E-state index contributed by atoms with van der Waals surface area (Å²) in [6.07, 6.45) is 1.79. The van der Waals surface area contributed by atoms with Gasteiger partial charge >= 0.3 is 0 Å². The third-order valence-corrected chi connectivity index (χ3v) is 2.59. The van der Waals surface area contributed by atoms with Crippen LogP contribution in [0.5, 0.6) is 0 Å². The van der Waals surface area contributed by atoms with Crippen molar-refractivity contribution in [3.05, 3.63) is 35.9 Å². The minimum absolute atomic E-state index is 0.0157. The van der Waals surface area contributed by atoms with E-state index in [2.05, 4.69) is 0 Å². The summed E-state index contributed by atoms with van der Waals surface area (Å²) in [6.45, 7) is 4.98. The summed E-state index contributed by atoms with van der Waals surface area (Å²) in [4.78, 5) is 11.9. The number of ether oxygens (including phenoxy) is 1. The highest BCUT2D eigenvalue weighted by atomic mass is 16.5. The van der Waals surface area contributed by atoms with E-state index in [1.54, 1.807) is 0 Å². The maximum atomic E-state index is 11.9. The van der Waals surface area contributed by atoms with Crippen LogP contribution in [0, 0.1) is 0 Å². The first-order valence-electron chi connectivity index (χ1n) is 5.95. The Morgan fingerprint density at radius 3 is 2.50 bits per heavy atom. The molecule has 1 aromatic rings. The molecule has 0 bridgehead atoms. The molecule has 0 aliphatic heterocycles. The third-order valence-electron chi connectivity index (χ3n) is 2.59. The largest absolute Gasteiger partial charge is 0.374 e. The zero-order valence-electron chi connectivity index (χ0n) is 10.1. The summed E-state index contributed by atoms with van der Waals surface area (Å²) in [7, 11) is 0. The van der Waals surface area contributed by atoms with Crippen LogP contribution >= 0.6 is 0 Å². The van der Waals surface area contributed by atoms with Crippen LogP contribution in [-0.4, -0.2) is 19.0 Å². The van der Waals surface area contributed by atoms with Gasteiger partial charge in [0.25, 0.3) is 0 Å². The van der Waals surface area contributed by atoms with Gasteiger partial charge in [-0.25, -0.2) is 0 Å². The molecule has 1 unspecified atom stereocenters. The molecule has 1 atom stereocenters. The number of hydrogen-bond donors (Lipinski definition) is 0. The Bertz CT molecular complexity index is 306. The van der Waals surface area contributed by atoms with Gasteiger partial charge < -0.3 is 4.74 Å². The van der Waals surface area contributed by atoms with Gasteiger partial charge in [-0.3, -0.25) is 4.79 Å². The SMILES string of the molecule is CCCOCC(=O)C(CC)c1ccccc1. The molecule has 16 heavy (non-hydrogen) atoms. The molecule has 88 valence electrons. The van der Waals surface area contributed by atoms with Gasteiger partial charge in [0.05, 0.1) is 0 Å². The molecule has 0 saturated heterocycles. The Morgan fingerprint density at radius 1 is 1.25 bits per heavy atom. The molecule has 0 aromatic heterocycles. The number of hydrogen-bond acceptors (Lipinski definition) is 2. The van der Waals surface area contributed by atoms with Gasteiger partial charge in [-0.15, -0.1) is 0 Å². The van der Waals surface area contributed by atoms with Crippen LogP contribution in [-0.2, 0) is 9.53 Å². The summed E-state index contributed by atoms with van der Waals surface area (Å²) in [5, 5.41) is 0. The molecule has 0 spiro atoms. The predicted octanol–water partition coefficient (Wildman–Crippen LogP) is 3.18. The second-order valence-electron chi connectivity index (χ2n) is 3.89. The monoisotopic (exact) mass is 220 g/mol. The lowest BCUT2D eigenvalue weighted by molar-refractivity contribution is -0.125. The lowest BCUT2D eigenvalue weighted by atomic mass is 9.93. The fraction of sp³-hybridized carbons (Fsp3) is 0.500. The standard InChI is InChI=1S/C14H20O2/c1-3-10-16-11-14(15)13(4-2)12-8-6-5-7-9-12/h5-9,13H,3-4,10-11H2,1-2H3. The quantitative estimate of drug-likeness (QED) is 0.660. The molecule has 0 aliphatic carbocycles. The molecular formula is C14H20O2. The van der Waals surface area contributed by atoms with Crippen molar-refractivity contribution in [2.75, 3.05) is 13.2 Å². The van der Waals surface area contributed by atoms with Gasteiger partial charge in [0.1, 0.15) is 6.61 Å². The maximum absolute atomic E-state index is 11.9. The van der Waals surface area contributed by atoms with Gasteiger partial charge in [0.2, 0.25) is 0 Å². The van der Waals surface area contributed by atoms with Crippen LogP contribution in [0.2, 0.25) is 0 Å². The molecule has 0 fully saturated rings. The van der Waals surface area contributed by atoms with Gasteiger partial charge in [-0.1, -0.05) is 44.2 Å². The smallest absolute Gasteiger partial charge is 0.165 e. The number of ketones is 1. The Labute approximate surface area is 97.6 Å². The van der Waals surface area contributed by atoms with Crippen molar-refractivity contribution in [3.8, 4) is 0 Å². The first kappa shape index (κ1) is 12.9. The Hall–Kier alpha value is -1.15. The Balaban J connectivity index is 2.57. The van der Waals surface area contributed by atoms with E-state index in [1.807, 2.05) is 44.2 Å². The van der Waals surface area contributed by atoms with E-state index >= 15 is 0 Å². The maximum Gasteiger partial charge on any atom is 0.165 e. The number of rotatable bonds is 7. The van der Waals surface area contributed by atoms with Crippen LogP contribution in [0.25, 0.3) is 0 Å². The van der Waals surface area contributed by atoms with Crippen LogP contribution in [0.3, 0.4) is 0 Å². The van der Waals surface area contributed by atoms with Gasteiger partial charge in [-0.05, 0) is 18.4 Å². The average molecular weight is 220 g/mol. The Morgan fingerprint density at radius 2 is 1.94 bits per heavy atom. The van der Waals surface area contributed by atoms with E-state index in [0.717, 1.165) is 18.4 Å². The number of Topliss-reactive ketones (excluding diaryl/α,β-unsaturated/α-hetero) is 1. The zero-order valence-corrected chi connectivity index (χ0v) is 10.1. The number of carbonyl (C=O) groups is 1. The lowest BCUT2D eigenvalue weighted by Crippen LogP contribution is -2.18. The molecule has 1 aromatic carbocycles. The summed E-state index contributed by atoms with van der Waals surface area (Å²) in [5.41, 5.74) is 1.09. The van der Waals surface area contributed by atoms with Gasteiger partial charge in [0, 0.05) is 12.5 Å².